The Morgan fingerprint density at radius 3 is 2.38 bits per heavy atom. The summed E-state index contributed by atoms with van der Waals surface area (Å²) in [6, 6.07) is 6.43. The second-order valence-electron chi connectivity index (χ2n) is 9.32. The number of benzene rings is 1. The van der Waals surface area contributed by atoms with Gasteiger partial charge < -0.3 is 19.2 Å². The van der Waals surface area contributed by atoms with E-state index in [0.717, 1.165) is 0 Å². The highest BCUT2D eigenvalue weighted by Crippen LogP contribution is 2.47. The fourth-order valence-electron chi connectivity index (χ4n) is 4.07. The standard InChI is InChI=1S/C28H27F6N5O6/c1-4-7-14-26(28(32,33)34,44-16-17-12-9-8-10-13-17)25-38-37-23(45-25)21-20(39(41)42)15-18(27(29,30)31)22(36-21)35-19(11-5-2)24(40)43-6-3/h4-5,8-10,12-13,15,19H,1-2,6-7,11,14,16H2,3H3,(H,35,36). The first-order valence-electron chi connectivity index (χ1n) is 13.2. The molecule has 2 aromatic heterocycles. The summed E-state index contributed by atoms with van der Waals surface area (Å²) in [4.78, 5) is 26.6. The van der Waals surface area contributed by atoms with Crippen molar-refractivity contribution in [1.82, 2.24) is 15.2 Å². The number of anilines is 1. The van der Waals surface area contributed by atoms with Crippen molar-refractivity contribution < 1.29 is 50.0 Å². The first-order valence-corrected chi connectivity index (χ1v) is 13.2. The molecular weight excluding hydrogens is 616 g/mol. The summed E-state index contributed by atoms with van der Waals surface area (Å²) in [5.74, 6) is -4.26. The summed E-state index contributed by atoms with van der Waals surface area (Å²) < 4.78 is 102. The van der Waals surface area contributed by atoms with Crippen LogP contribution in [0, 0.1) is 10.1 Å². The normalized spacial score (nSPS) is 13.8. The van der Waals surface area contributed by atoms with Gasteiger partial charge in [0, 0.05) is 6.07 Å². The number of allylic oxidation sites excluding steroid dienone is 1. The molecule has 17 heteroatoms. The minimum Gasteiger partial charge on any atom is -0.464 e. The molecule has 45 heavy (non-hydrogen) atoms. The highest BCUT2D eigenvalue weighted by atomic mass is 19.4. The number of esters is 1. The molecule has 0 bridgehead atoms. The zero-order valence-corrected chi connectivity index (χ0v) is 23.7. The highest BCUT2D eigenvalue weighted by Gasteiger charge is 2.61. The minimum atomic E-state index is -5.23. The summed E-state index contributed by atoms with van der Waals surface area (Å²) >= 11 is 0. The summed E-state index contributed by atoms with van der Waals surface area (Å²) in [5.41, 5.74) is -6.86. The predicted molar refractivity (Wildman–Crippen MR) is 146 cm³/mol. The number of carbonyl (C=O) groups excluding carboxylic acids is 1. The van der Waals surface area contributed by atoms with E-state index in [2.05, 4.69) is 33.7 Å². The highest BCUT2D eigenvalue weighted by molar-refractivity contribution is 5.80. The molecule has 2 heterocycles. The molecule has 1 N–H and O–H groups in total. The van der Waals surface area contributed by atoms with Crippen LogP contribution in [0.4, 0.5) is 37.8 Å². The number of aromatic nitrogens is 3. The van der Waals surface area contributed by atoms with Crippen LogP contribution in [0.3, 0.4) is 0 Å². The third-order valence-electron chi connectivity index (χ3n) is 6.25. The van der Waals surface area contributed by atoms with Crippen molar-refractivity contribution in [3.63, 3.8) is 0 Å². The first kappa shape index (κ1) is 34.7. The van der Waals surface area contributed by atoms with Crippen molar-refractivity contribution in [2.45, 2.75) is 56.8 Å². The lowest BCUT2D eigenvalue weighted by molar-refractivity contribution is -0.384. The third-order valence-corrected chi connectivity index (χ3v) is 6.25. The van der Waals surface area contributed by atoms with E-state index < -0.39 is 82.5 Å². The van der Waals surface area contributed by atoms with Gasteiger partial charge in [-0.25, -0.2) is 9.78 Å². The first-order chi connectivity index (χ1) is 21.2. The molecule has 0 fully saturated rings. The Morgan fingerprint density at radius 2 is 1.82 bits per heavy atom. The van der Waals surface area contributed by atoms with Gasteiger partial charge in [-0.1, -0.05) is 42.5 Å². The fourth-order valence-corrected chi connectivity index (χ4v) is 4.07. The van der Waals surface area contributed by atoms with Crippen molar-refractivity contribution in [2.75, 3.05) is 11.9 Å². The smallest absolute Gasteiger partial charge is 0.426 e. The van der Waals surface area contributed by atoms with Crippen LogP contribution in [-0.2, 0) is 32.7 Å². The zero-order valence-electron chi connectivity index (χ0n) is 23.7. The van der Waals surface area contributed by atoms with Crippen LogP contribution >= 0.6 is 0 Å². The number of nitrogens with zero attached hydrogens (tertiary/aromatic N) is 4. The predicted octanol–water partition coefficient (Wildman–Crippen LogP) is 6.92. The van der Waals surface area contributed by atoms with Crippen molar-refractivity contribution in [3.8, 4) is 11.6 Å². The Bertz CT molecular complexity index is 1510. The van der Waals surface area contributed by atoms with Gasteiger partial charge in [0.15, 0.2) is 0 Å². The topological polar surface area (TPSA) is 143 Å². The maximum Gasteiger partial charge on any atom is 0.426 e. The Morgan fingerprint density at radius 1 is 1.13 bits per heavy atom. The summed E-state index contributed by atoms with van der Waals surface area (Å²) in [5, 5.41) is 21.0. The van der Waals surface area contributed by atoms with Gasteiger partial charge in [-0.2, -0.15) is 26.3 Å². The van der Waals surface area contributed by atoms with Crippen molar-refractivity contribution in [3.05, 3.63) is 88.8 Å². The Kier molecular flexibility index (Phi) is 11.0. The van der Waals surface area contributed by atoms with Gasteiger partial charge in [0.25, 0.3) is 11.8 Å². The fraction of sp³-hybridized carbons (Fsp3) is 0.357. The molecule has 1 aromatic carbocycles. The summed E-state index contributed by atoms with van der Waals surface area (Å²) in [6.45, 7) is 7.63. The molecule has 11 nitrogen and oxygen atoms in total. The van der Waals surface area contributed by atoms with Gasteiger partial charge in [0.05, 0.1) is 18.1 Å². The number of ether oxygens (including phenoxy) is 2. The lowest BCUT2D eigenvalue weighted by Gasteiger charge is -2.32. The molecule has 0 saturated carbocycles. The van der Waals surface area contributed by atoms with Crippen LogP contribution in [-0.4, -0.2) is 44.9 Å². The SMILES string of the molecule is C=CCCC(OCc1ccccc1)(c1nnc(-c2nc(NC(CC=C)C(=O)OCC)c(C(F)(F)F)cc2[N+](=O)[O-])o1)C(F)(F)F. The summed E-state index contributed by atoms with van der Waals surface area (Å²) in [6.07, 6.45) is -9.32. The van der Waals surface area contributed by atoms with Crippen LogP contribution in [0.5, 0.6) is 0 Å². The van der Waals surface area contributed by atoms with Crippen molar-refractivity contribution >= 4 is 17.5 Å². The number of nitrogens with one attached hydrogen (secondary N) is 1. The van der Waals surface area contributed by atoms with E-state index in [0.29, 0.717) is 5.56 Å². The van der Waals surface area contributed by atoms with Gasteiger partial charge in [-0.15, -0.1) is 23.4 Å². The lowest BCUT2D eigenvalue weighted by atomic mass is 9.96. The van der Waals surface area contributed by atoms with Gasteiger partial charge >= 0.3 is 24.0 Å². The quantitative estimate of drug-likeness (QED) is 0.0610. The molecule has 0 aliphatic rings. The van der Waals surface area contributed by atoms with Crippen molar-refractivity contribution in [1.29, 1.82) is 0 Å². The molecule has 242 valence electrons. The number of hydrogen-bond acceptors (Lipinski definition) is 10. The average molecular weight is 644 g/mol. The monoisotopic (exact) mass is 643 g/mol. The molecule has 3 rings (SSSR count). The van der Waals surface area contributed by atoms with Crippen molar-refractivity contribution in [2.24, 2.45) is 0 Å². The van der Waals surface area contributed by atoms with E-state index >= 15 is 0 Å². The second-order valence-corrected chi connectivity index (χ2v) is 9.32. The number of alkyl halides is 6. The molecule has 2 atom stereocenters. The van der Waals surface area contributed by atoms with Crippen LogP contribution in [0.2, 0.25) is 0 Å². The number of halogens is 6. The van der Waals surface area contributed by atoms with Crippen LogP contribution in [0.15, 0.2) is 66.1 Å². The van der Waals surface area contributed by atoms with E-state index in [-0.39, 0.29) is 25.5 Å². The number of carbonyl (C=O) groups is 1. The van der Waals surface area contributed by atoms with E-state index in [1.165, 1.54) is 31.2 Å². The maximum absolute atomic E-state index is 14.7. The molecule has 0 aliphatic heterocycles. The van der Waals surface area contributed by atoms with E-state index in [1.54, 1.807) is 18.2 Å². The second kappa shape index (κ2) is 14.3. The van der Waals surface area contributed by atoms with E-state index in [4.69, 9.17) is 13.9 Å². The largest absolute Gasteiger partial charge is 0.464 e. The van der Waals surface area contributed by atoms with Gasteiger partial charge in [-0.3, -0.25) is 10.1 Å². The van der Waals surface area contributed by atoms with Gasteiger partial charge in [0.1, 0.15) is 17.4 Å². The molecule has 0 amide bonds. The van der Waals surface area contributed by atoms with E-state index in [9.17, 15) is 41.3 Å². The molecular formula is C28H27F6N5O6. The number of hydrogen-bond donors (Lipinski definition) is 1. The molecule has 0 saturated heterocycles. The third kappa shape index (κ3) is 8.03. The van der Waals surface area contributed by atoms with Crippen LogP contribution in [0.25, 0.3) is 11.6 Å². The van der Waals surface area contributed by atoms with E-state index in [1.807, 2.05) is 0 Å². The Hall–Kier alpha value is -4.80. The maximum atomic E-state index is 14.7. The van der Waals surface area contributed by atoms with Crippen LogP contribution < -0.4 is 5.32 Å². The molecule has 0 radical (unpaired) electrons. The molecule has 3 aromatic rings. The minimum absolute atomic E-state index is 0.0886. The Labute approximate surface area is 252 Å². The number of nitro groups is 1. The lowest BCUT2D eigenvalue weighted by Crippen LogP contribution is -2.45. The molecule has 0 spiro atoms. The molecule has 0 aliphatic carbocycles. The van der Waals surface area contributed by atoms with Crippen LogP contribution in [0.1, 0.15) is 43.2 Å². The number of rotatable bonds is 15. The summed E-state index contributed by atoms with van der Waals surface area (Å²) in [7, 11) is 0. The average Bonchev–Trinajstić information content (AvgIpc) is 3.47. The Balaban J connectivity index is 2.21. The zero-order chi connectivity index (χ0) is 33.4. The van der Waals surface area contributed by atoms with Gasteiger partial charge in [-0.05, 0) is 31.7 Å². The van der Waals surface area contributed by atoms with Gasteiger partial charge in [0.2, 0.25) is 11.3 Å². The molecule has 2 unspecified atom stereocenters. The number of pyridine rings is 1.